The molecule has 4 heteroatoms. The Morgan fingerprint density at radius 2 is 2.10 bits per heavy atom. The van der Waals surface area contributed by atoms with Gasteiger partial charge in [-0.2, -0.15) is 5.10 Å². The maximum atomic E-state index is 6.16. The Labute approximate surface area is 126 Å². The van der Waals surface area contributed by atoms with E-state index in [-0.39, 0.29) is 0 Å². The Morgan fingerprint density at radius 3 is 2.86 bits per heavy atom. The smallest absolute Gasteiger partial charge is 0.127 e. The van der Waals surface area contributed by atoms with E-state index in [0.29, 0.717) is 11.9 Å². The number of benzene rings is 1. The van der Waals surface area contributed by atoms with Gasteiger partial charge in [-0.3, -0.25) is 4.90 Å². The first-order chi connectivity index (χ1) is 10.1. The van der Waals surface area contributed by atoms with Crippen LogP contribution in [0.4, 0.5) is 5.82 Å². The van der Waals surface area contributed by atoms with E-state index in [4.69, 9.17) is 10.8 Å². The van der Waals surface area contributed by atoms with E-state index in [1.807, 2.05) is 22.9 Å². The standard InChI is InChI=1S/C17H24N4/c1-13-7-3-4-9-16(13)21-17(18)11-15(19-21)12-20-10-6-5-8-14(20)2/h3-4,7,9,11,14H,5-6,8,10,12,18H2,1-2H3. The van der Waals surface area contributed by atoms with Crippen LogP contribution in [0.5, 0.6) is 0 Å². The first kappa shape index (κ1) is 14.1. The van der Waals surface area contributed by atoms with Gasteiger partial charge in [-0.05, 0) is 44.9 Å². The molecule has 21 heavy (non-hydrogen) atoms. The Kier molecular flexibility index (Phi) is 3.97. The van der Waals surface area contributed by atoms with Crippen LogP contribution in [0, 0.1) is 6.92 Å². The summed E-state index contributed by atoms with van der Waals surface area (Å²) in [6.07, 6.45) is 3.92. The molecule has 2 heterocycles. The minimum atomic E-state index is 0.642. The van der Waals surface area contributed by atoms with Gasteiger partial charge < -0.3 is 5.73 Å². The third kappa shape index (κ3) is 2.95. The monoisotopic (exact) mass is 284 g/mol. The molecule has 1 fully saturated rings. The zero-order valence-electron chi connectivity index (χ0n) is 12.9. The van der Waals surface area contributed by atoms with Gasteiger partial charge in [0.05, 0.1) is 11.4 Å². The number of aryl methyl sites for hydroxylation is 1. The number of anilines is 1. The number of piperidine rings is 1. The maximum Gasteiger partial charge on any atom is 0.127 e. The van der Waals surface area contributed by atoms with Crippen LogP contribution in [0.15, 0.2) is 30.3 Å². The average Bonchev–Trinajstić information content (AvgIpc) is 2.83. The molecule has 1 atom stereocenters. The lowest BCUT2D eigenvalue weighted by Crippen LogP contribution is -2.36. The van der Waals surface area contributed by atoms with Gasteiger partial charge >= 0.3 is 0 Å². The van der Waals surface area contributed by atoms with E-state index in [1.165, 1.54) is 24.8 Å². The zero-order chi connectivity index (χ0) is 14.8. The van der Waals surface area contributed by atoms with E-state index >= 15 is 0 Å². The highest BCUT2D eigenvalue weighted by molar-refractivity contribution is 5.47. The molecule has 2 N–H and O–H groups in total. The van der Waals surface area contributed by atoms with Crippen molar-refractivity contribution in [2.45, 2.75) is 45.7 Å². The normalized spacial score (nSPS) is 19.8. The van der Waals surface area contributed by atoms with Crippen molar-refractivity contribution in [1.82, 2.24) is 14.7 Å². The van der Waals surface area contributed by atoms with E-state index in [2.05, 4.69) is 30.9 Å². The predicted molar refractivity (Wildman–Crippen MR) is 86.4 cm³/mol. The molecular weight excluding hydrogens is 260 g/mol. The fourth-order valence-corrected chi connectivity index (χ4v) is 3.12. The van der Waals surface area contributed by atoms with E-state index in [0.717, 1.165) is 24.5 Å². The molecule has 4 nitrogen and oxygen atoms in total. The molecule has 1 aromatic heterocycles. The van der Waals surface area contributed by atoms with Gasteiger partial charge in [-0.1, -0.05) is 24.6 Å². The quantitative estimate of drug-likeness (QED) is 0.942. The fourth-order valence-electron chi connectivity index (χ4n) is 3.12. The molecule has 0 spiro atoms. The molecule has 1 aromatic carbocycles. The lowest BCUT2D eigenvalue weighted by atomic mass is 10.0. The SMILES string of the molecule is Cc1ccccc1-n1nc(CN2CCCCC2C)cc1N. The molecule has 1 aliphatic rings. The molecule has 0 bridgehead atoms. The lowest BCUT2D eigenvalue weighted by Gasteiger charge is -2.32. The molecule has 0 amide bonds. The van der Waals surface area contributed by atoms with Gasteiger partial charge in [-0.25, -0.2) is 4.68 Å². The highest BCUT2D eigenvalue weighted by Crippen LogP contribution is 2.22. The molecular formula is C17H24N4. The van der Waals surface area contributed by atoms with Crippen LogP contribution in [-0.4, -0.2) is 27.3 Å². The lowest BCUT2D eigenvalue weighted by molar-refractivity contribution is 0.150. The summed E-state index contributed by atoms with van der Waals surface area (Å²) in [5.74, 6) is 0.712. The highest BCUT2D eigenvalue weighted by atomic mass is 15.3. The van der Waals surface area contributed by atoms with Crippen molar-refractivity contribution in [1.29, 1.82) is 0 Å². The Bertz CT molecular complexity index is 617. The molecule has 112 valence electrons. The summed E-state index contributed by atoms with van der Waals surface area (Å²) in [4.78, 5) is 2.51. The van der Waals surface area contributed by atoms with E-state index < -0.39 is 0 Å². The average molecular weight is 284 g/mol. The number of aromatic nitrogens is 2. The Hall–Kier alpha value is -1.81. The fraction of sp³-hybridized carbons (Fsp3) is 0.471. The largest absolute Gasteiger partial charge is 0.384 e. The molecule has 1 aliphatic heterocycles. The van der Waals surface area contributed by atoms with Gasteiger partial charge in [0.1, 0.15) is 5.82 Å². The molecule has 3 rings (SSSR count). The number of likely N-dealkylation sites (tertiary alicyclic amines) is 1. The molecule has 1 unspecified atom stereocenters. The maximum absolute atomic E-state index is 6.16. The summed E-state index contributed by atoms with van der Waals surface area (Å²) in [6.45, 7) is 6.45. The number of nitrogens with zero attached hydrogens (tertiary/aromatic N) is 3. The van der Waals surface area contributed by atoms with Crippen LogP contribution < -0.4 is 5.73 Å². The van der Waals surface area contributed by atoms with Gasteiger partial charge in [0, 0.05) is 18.7 Å². The first-order valence-electron chi connectivity index (χ1n) is 7.79. The van der Waals surface area contributed by atoms with Crippen LogP contribution >= 0.6 is 0 Å². The van der Waals surface area contributed by atoms with E-state index in [1.54, 1.807) is 0 Å². The van der Waals surface area contributed by atoms with E-state index in [9.17, 15) is 0 Å². The summed E-state index contributed by atoms with van der Waals surface area (Å²) >= 11 is 0. The van der Waals surface area contributed by atoms with Crippen molar-refractivity contribution in [2.24, 2.45) is 0 Å². The summed E-state index contributed by atoms with van der Waals surface area (Å²) in [6, 6.07) is 10.9. The Morgan fingerprint density at radius 1 is 1.29 bits per heavy atom. The Balaban J connectivity index is 1.83. The summed E-state index contributed by atoms with van der Waals surface area (Å²) in [7, 11) is 0. The van der Waals surface area contributed by atoms with Crippen LogP contribution in [0.25, 0.3) is 5.69 Å². The summed E-state index contributed by atoms with van der Waals surface area (Å²) in [5, 5.41) is 4.72. The number of hydrogen-bond donors (Lipinski definition) is 1. The van der Waals surface area contributed by atoms with Crippen LogP contribution in [0.1, 0.15) is 37.4 Å². The second kappa shape index (κ2) is 5.90. The first-order valence-corrected chi connectivity index (χ1v) is 7.79. The number of nitrogens with two attached hydrogens (primary N) is 1. The minimum Gasteiger partial charge on any atom is -0.384 e. The topological polar surface area (TPSA) is 47.1 Å². The zero-order valence-corrected chi connectivity index (χ0v) is 12.9. The third-order valence-electron chi connectivity index (χ3n) is 4.44. The van der Waals surface area contributed by atoms with Gasteiger partial charge in [0.25, 0.3) is 0 Å². The van der Waals surface area contributed by atoms with Gasteiger partial charge in [0.2, 0.25) is 0 Å². The van der Waals surface area contributed by atoms with Crippen molar-refractivity contribution in [3.05, 3.63) is 41.6 Å². The third-order valence-corrected chi connectivity index (χ3v) is 4.44. The van der Waals surface area contributed by atoms with Crippen LogP contribution in [0.3, 0.4) is 0 Å². The van der Waals surface area contributed by atoms with Crippen LogP contribution in [-0.2, 0) is 6.54 Å². The number of hydrogen-bond acceptors (Lipinski definition) is 3. The number of para-hydroxylation sites is 1. The predicted octanol–water partition coefficient (Wildman–Crippen LogP) is 3.14. The van der Waals surface area contributed by atoms with Gasteiger partial charge in [0.15, 0.2) is 0 Å². The minimum absolute atomic E-state index is 0.642. The van der Waals surface area contributed by atoms with Crippen LogP contribution in [0.2, 0.25) is 0 Å². The molecule has 0 radical (unpaired) electrons. The molecule has 0 saturated carbocycles. The second-order valence-electron chi connectivity index (χ2n) is 6.07. The summed E-state index contributed by atoms with van der Waals surface area (Å²) in [5.41, 5.74) is 9.47. The second-order valence-corrected chi connectivity index (χ2v) is 6.07. The van der Waals surface area contributed by atoms with Crippen molar-refractivity contribution in [3.8, 4) is 5.69 Å². The van der Waals surface area contributed by atoms with Crippen molar-refractivity contribution in [3.63, 3.8) is 0 Å². The van der Waals surface area contributed by atoms with Crippen molar-refractivity contribution in [2.75, 3.05) is 12.3 Å². The van der Waals surface area contributed by atoms with Crippen molar-refractivity contribution < 1.29 is 0 Å². The number of rotatable bonds is 3. The van der Waals surface area contributed by atoms with Gasteiger partial charge in [-0.15, -0.1) is 0 Å². The number of nitrogen functional groups attached to an aromatic ring is 1. The van der Waals surface area contributed by atoms with Crippen molar-refractivity contribution >= 4 is 5.82 Å². The molecule has 0 aliphatic carbocycles. The molecule has 2 aromatic rings. The molecule has 1 saturated heterocycles. The highest BCUT2D eigenvalue weighted by Gasteiger charge is 2.20. The summed E-state index contributed by atoms with van der Waals surface area (Å²) < 4.78 is 1.86.